The quantitative estimate of drug-likeness (QED) is 0.483. The van der Waals surface area contributed by atoms with Gasteiger partial charge in [-0.1, -0.05) is 0 Å². The van der Waals surface area contributed by atoms with E-state index in [1.807, 2.05) is 0 Å². The molecule has 3 nitrogen and oxygen atoms in total. The highest BCUT2D eigenvalue weighted by Crippen LogP contribution is 2.01. The lowest BCUT2D eigenvalue weighted by Crippen LogP contribution is -1.85. The fourth-order valence-electron chi connectivity index (χ4n) is 0.0643. The SMILES string of the molecule is CC(=O)OPO. The van der Waals surface area contributed by atoms with Crippen LogP contribution in [0.3, 0.4) is 0 Å². The molecule has 0 aromatic carbocycles. The number of rotatable bonds is 1. The first-order chi connectivity index (χ1) is 2.77. The minimum absolute atomic E-state index is 0.448. The summed E-state index contributed by atoms with van der Waals surface area (Å²) in [5.74, 6) is -0.448. The Morgan fingerprint density at radius 3 is 2.50 bits per heavy atom. The second kappa shape index (κ2) is 3.07. The van der Waals surface area contributed by atoms with Gasteiger partial charge in [0.1, 0.15) is 0 Å². The van der Waals surface area contributed by atoms with E-state index in [1.54, 1.807) is 0 Å². The lowest BCUT2D eigenvalue weighted by Gasteiger charge is -1.87. The molecule has 1 atom stereocenters. The highest BCUT2D eigenvalue weighted by atomic mass is 31.1. The van der Waals surface area contributed by atoms with Gasteiger partial charge in [-0.3, -0.25) is 4.79 Å². The van der Waals surface area contributed by atoms with Crippen molar-refractivity contribution in [1.82, 2.24) is 0 Å². The summed E-state index contributed by atoms with van der Waals surface area (Å²) in [6, 6.07) is 0. The van der Waals surface area contributed by atoms with E-state index in [4.69, 9.17) is 4.89 Å². The van der Waals surface area contributed by atoms with Gasteiger partial charge >= 0.3 is 5.97 Å². The fraction of sp³-hybridized carbons (Fsp3) is 0.500. The summed E-state index contributed by atoms with van der Waals surface area (Å²) in [6.45, 7) is 1.24. The summed E-state index contributed by atoms with van der Waals surface area (Å²) >= 11 is 0. The van der Waals surface area contributed by atoms with Gasteiger partial charge in [0.05, 0.1) is 0 Å². The molecule has 0 rings (SSSR count). The smallest absolute Gasteiger partial charge is 0.307 e. The Kier molecular flexibility index (Phi) is 2.99. The van der Waals surface area contributed by atoms with E-state index >= 15 is 0 Å². The lowest BCUT2D eigenvalue weighted by molar-refractivity contribution is -0.131. The Morgan fingerprint density at radius 1 is 2.00 bits per heavy atom. The topological polar surface area (TPSA) is 46.5 Å². The molecule has 0 saturated carbocycles. The molecular weight excluding hydrogens is 103 g/mol. The maximum absolute atomic E-state index is 9.67. The van der Waals surface area contributed by atoms with Crippen molar-refractivity contribution in [2.45, 2.75) is 6.92 Å². The van der Waals surface area contributed by atoms with Crippen molar-refractivity contribution in [3.8, 4) is 0 Å². The van der Waals surface area contributed by atoms with Gasteiger partial charge in [0.2, 0.25) is 9.03 Å². The van der Waals surface area contributed by atoms with Gasteiger partial charge in [0.25, 0.3) is 0 Å². The largest absolute Gasteiger partial charge is 0.420 e. The molecule has 0 bridgehead atoms. The zero-order valence-corrected chi connectivity index (χ0v) is 4.26. The van der Waals surface area contributed by atoms with Gasteiger partial charge in [-0.25, -0.2) is 0 Å². The molecule has 0 aromatic heterocycles. The highest BCUT2D eigenvalue weighted by molar-refractivity contribution is 7.25. The van der Waals surface area contributed by atoms with Gasteiger partial charge in [0, 0.05) is 6.92 Å². The fourth-order valence-corrected chi connectivity index (χ4v) is 0.193. The van der Waals surface area contributed by atoms with Crippen LogP contribution in [0.15, 0.2) is 0 Å². The third kappa shape index (κ3) is 3.86. The van der Waals surface area contributed by atoms with E-state index in [0.717, 1.165) is 0 Å². The molecule has 36 valence electrons. The lowest BCUT2D eigenvalue weighted by atomic mass is 10.9. The first-order valence-electron chi connectivity index (χ1n) is 1.34. The first-order valence-corrected chi connectivity index (χ1v) is 2.19. The highest BCUT2D eigenvalue weighted by Gasteiger charge is 1.83. The third-order valence-electron chi connectivity index (χ3n) is 0.189. The van der Waals surface area contributed by atoms with Crippen LogP contribution in [0.4, 0.5) is 0 Å². The Labute approximate surface area is 37.3 Å². The minimum atomic E-state index is -0.711. The van der Waals surface area contributed by atoms with E-state index in [-0.39, 0.29) is 0 Å². The summed E-state index contributed by atoms with van der Waals surface area (Å²) in [4.78, 5) is 17.5. The molecule has 0 fully saturated rings. The zero-order chi connectivity index (χ0) is 4.99. The van der Waals surface area contributed by atoms with Gasteiger partial charge < -0.3 is 9.42 Å². The Balaban J connectivity index is 2.83. The van der Waals surface area contributed by atoms with Crippen LogP contribution in [-0.4, -0.2) is 10.9 Å². The molecule has 0 saturated heterocycles. The molecule has 0 aliphatic heterocycles. The molecule has 0 heterocycles. The second-order valence-electron chi connectivity index (χ2n) is 0.685. The van der Waals surface area contributed by atoms with Crippen molar-refractivity contribution in [2.75, 3.05) is 0 Å². The first kappa shape index (κ1) is 5.86. The summed E-state index contributed by atoms with van der Waals surface area (Å²) in [7, 11) is -0.711. The number of hydrogen-bond donors (Lipinski definition) is 1. The zero-order valence-electron chi connectivity index (χ0n) is 3.26. The van der Waals surface area contributed by atoms with Crippen LogP contribution in [0.25, 0.3) is 0 Å². The predicted molar refractivity (Wildman–Crippen MR) is 22.3 cm³/mol. The molecule has 1 N–H and O–H groups in total. The maximum Gasteiger partial charge on any atom is 0.307 e. The predicted octanol–water partition coefficient (Wildman–Crippen LogP) is 0.0503. The van der Waals surface area contributed by atoms with Crippen molar-refractivity contribution < 1.29 is 14.2 Å². The van der Waals surface area contributed by atoms with Crippen molar-refractivity contribution in [3.63, 3.8) is 0 Å². The van der Waals surface area contributed by atoms with E-state index < -0.39 is 15.0 Å². The molecule has 4 heteroatoms. The van der Waals surface area contributed by atoms with Crippen LogP contribution in [-0.2, 0) is 9.32 Å². The van der Waals surface area contributed by atoms with Crippen LogP contribution in [0.5, 0.6) is 0 Å². The monoisotopic (exact) mass is 108 g/mol. The van der Waals surface area contributed by atoms with Gasteiger partial charge in [-0.2, -0.15) is 0 Å². The average molecular weight is 108 g/mol. The molecule has 1 unspecified atom stereocenters. The average Bonchev–Trinajstić information content (AvgIpc) is 1.35. The van der Waals surface area contributed by atoms with Crippen molar-refractivity contribution in [1.29, 1.82) is 0 Å². The standard InChI is InChI=1S/C2H5O3P/c1-2(3)5-6-4/h4,6H,1H3. The Bertz CT molecular complexity index is 52.8. The van der Waals surface area contributed by atoms with E-state index in [9.17, 15) is 4.79 Å². The Morgan fingerprint density at radius 2 is 2.50 bits per heavy atom. The van der Waals surface area contributed by atoms with E-state index in [2.05, 4.69) is 4.52 Å². The number of hydrogen-bond acceptors (Lipinski definition) is 3. The summed E-state index contributed by atoms with van der Waals surface area (Å²) in [5.41, 5.74) is 0. The van der Waals surface area contributed by atoms with E-state index in [1.165, 1.54) is 6.92 Å². The van der Waals surface area contributed by atoms with Crippen LogP contribution < -0.4 is 0 Å². The Hall–Kier alpha value is -0.140. The molecule has 6 heavy (non-hydrogen) atoms. The maximum atomic E-state index is 9.67. The van der Waals surface area contributed by atoms with E-state index in [0.29, 0.717) is 0 Å². The number of carbonyl (C=O) groups excluding carboxylic acids is 1. The molecule has 0 spiro atoms. The van der Waals surface area contributed by atoms with Gasteiger partial charge in [0.15, 0.2) is 0 Å². The van der Waals surface area contributed by atoms with Gasteiger partial charge in [-0.05, 0) is 0 Å². The normalized spacial score (nSPS) is 9.67. The molecule has 0 aromatic rings. The van der Waals surface area contributed by atoms with Crippen molar-refractivity contribution in [3.05, 3.63) is 0 Å². The minimum Gasteiger partial charge on any atom is -0.420 e. The second-order valence-corrected chi connectivity index (χ2v) is 1.07. The summed E-state index contributed by atoms with van der Waals surface area (Å²) in [6.07, 6.45) is 0. The van der Waals surface area contributed by atoms with Crippen LogP contribution in [0, 0.1) is 0 Å². The summed E-state index contributed by atoms with van der Waals surface area (Å²) < 4.78 is 3.99. The van der Waals surface area contributed by atoms with Crippen LogP contribution in [0.2, 0.25) is 0 Å². The van der Waals surface area contributed by atoms with Crippen molar-refractivity contribution in [2.24, 2.45) is 0 Å². The molecular formula is C2H5O3P. The molecule has 0 aliphatic rings. The van der Waals surface area contributed by atoms with Crippen LogP contribution >= 0.6 is 9.03 Å². The van der Waals surface area contributed by atoms with Crippen molar-refractivity contribution >= 4 is 15.0 Å². The van der Waals surface area contributed by atoms with Gasteiger partial charge in [-0.15, -0.1) is 0 Å². The molecule has 0 amide bonds. The number of carbonyl (C=O) groups is 1. The molecule has 0 radical (unpaired) electrons. The third-order valence-corrected chi connectivity index (χ3v) is 0.568. The van der Waals surface area contributed by atoms with Crippen LogP contribution in [0.1, 0.15) is 6.92 Å². The molecule has 0 aliphatic carbocycles. The summed E-state index contributed by atoms with van der Waals surface area (Å²) in [5, 5.41) is 0.